The number of hydrogen-bond acceptors (Lipinski definition) is 4. The number of thioether (sulfide) groups is 1. The highest BCUT2D eigenvalue weighted by atomic mass is 35.5. The molecule has 0 spiro atoms. The fraction of sp³-hybridized carbons (Fsp3) is 0.385. The van der Waals surface area contributed by atoms with Crippen molar-refractivity contribution in [3.63, 3.8) is 0 Å². The van der Waals surface area contributed by atoms with Gasteiger partial charge in [0.25, 0.3) is 0 Å². The van der Waals surface area contributed by atoms with Crippen molar-refractivity contribution in [2.24, 2.45) is 11.0 Å². The summed E-state index contributed by atoms with van der Waals surface area (Å²) in [5.41, 5.74) is 7.14. The molecule has 8 heteroatoms. The molecule has 1 fully saturated rings. The van der Waals surface area contributed by atoms with Crippen molar-refractivity contribution in [1.82, 2.24) is 15.0 Å². The lowest BCUT2D eigenvalue weighted by Gasteiger charge is -2.20. The first-order valence-electron chi connectivity index (χ1n) is 11.8. The summed E-state index contributed by atoms with van der Waals surface area (Å²) in [7, 11) is 0. The van der Waals surface area contributed by atoms with Crippen molar-refractivity contribution in [3.05, 3.63) is 68.9 Å². The van der Waals surface area contributed by atoms with E-state index in [4.69, 9.17) is 44.9 Å². The number of rotatable bonds is 4. The Balaban J connectivity index is 0.00000133. The number of imidazole rings is 1. The minimum Gasteiger partial charge on any atom is -0.297 e. The van der Waals surface area contributed by atoms with E-state index in [0.29, 0.717) is 21.0 Å². The summed E-state index contributed by atoms with van der Waals surface area (Å²) in [5.74, 6) is 1.34. The zero-order chi connectivity index (χ0) is 24.2. The monoisotopic (exact) mass is 534 g/mol. The van der Waals surface area contributed by atoms with Crippen LogP contribution in [0.2, 0.25) is 15.1 Å². The van der Waals surface area contributed by atoms with Crippen LogP contribution in [0.1, 0.15) is 62.7 Å². The summed E-state index contributed by atoms with van der Waals surface area (Å²) >= 11 is 20.7. The lowest BCUT2D eigenvalue weighted by molar-refractivity contribution is 0.442. The number of nitrogens with one attached hydrogen (secondary N) is 1. The highest BCUT2D eigenvalue weighted by Crippen LogP contribution is 2.42. The Labute approximate surface area is 221 Å². The molecule has 2 heterocycles. The molecule has 1 aromatic heterocycles. The highest BCUT2D eigenvalue weighted by molar-refractivity contribution is 8.14. The van der Waals surface area contributed by atoms with Crippen LogP contribution >= 0.6 is 46.6 Å². The minimum atomic E-state index is -0.0229. The van der Waals surface area contributed by atoms with Gasteiger partial charge in [-0.05, 0) is 62.2 Å². The molecule has 0 bridgehead atoms. The summed E-state index contributed by atoms with van der Waals surface area (Å²) in [6, 6.07) is 13.3. The van der Waals surface area contributed by atoms with Crippen molar-refractivity contribution in [1.29, 1.82) is 0 Å². The SMILES string of the molecule is CC.Cc1c(C2NN=C(C3CCCCC3)S2)nc(-c2ccc(Cl)cc2Cl)n1-c1ccc(Cl)cc1. The third-order valence-electron chi connectivity index (χ3n) is 6.13. The Morgan fingerprint density at radius 1 is 0.941 bits per heavy atom. The van der Waals surface area contributed by atoms with Gasteiger partial charge >= 0.3 is 0 Å². The van der Waals surface area contributed by atoms with Crippen LogP contribution < -0.4 is 5.43 Å². The van der Waals surface area contributed by atoms with Gasteiger partial charge < -0.3 is 0 Å². The van der Waals surface area contributed by atoms with E-state index in [2.05, 4.69) is 16.9 Å². The topological polar surface area (TPSA) is 42.2 Å². The molecule has 4 nitrogen and oxygen atoms in total. The Bertz CT molecular complexity index is 1170. The first-order valence-corrected chi connectivity index (χ1v) is 13.8. The predicted molar refractivity (Wildman–Crippen MR) is 148 cm³/mol. The maximum absolute atomic E-state index is 6.59. The Morgan fingerprint density at radius 3 is 2.29 bits per heavy atom. The lowest BCUT2D eigenvalue weighted by atomic mass is 9.90. The molecule has 1 unspecified atom stereocenters. The number of nitrogens with zero attached hydrogens (tertiary/aromatic N) is 3. The third kappa shape index (κ3) is 5.28. The first kappa shape index (κ1) is 25.4. The number of hydrazone groups is 1. The van der Waals surface area contributed by atoms with Gasteiger partial charge in [0.05, 0.1) is 15.8 Å². The second-order valence-corrected chi connectivity index (χ2v) is 10.7. The van der Waals surface area contributed by atoms with Gasteiger partial charge in [0.15, 0.2) is 0 Å². The van der Waals surface area contributed by atoms with Gasteiger partial charge in [-0.2, -0.15) is 5.10 Å². The van der Waals surface area contributed by atoms with Crippen LogP contribution in [0.25, 0.3) is 17.1 Å². The zero-order valence-corrected chi connectivity index (χ0v) is 22.7. The molecule has 3 aromatic rings. The molecule has 1 aliphatic carbocycles. The molecule has 0 amide bonds. The quantitative estimate of drug-likeness (QED) is 0.362. The molecule has 2 aromatic carbocycles. The van der Waals surface area contributed by atoms with E-state index in [0.717, 1.165) is 28.5 Å². The predicted octanol–water partition coefficient (Wildman–Crippen LogP) is 9.06. The Morgan fingerprint density at radius 2 is 1.62 bits per heavy atom. The lowest BCUT2D eigenvalue weighted by Crippen LogP contribution is -2.13. The molecular formula is C26H29Cl3N4S. The van der Waals surface area contributed by atoms with E-state index in [1.807, 2.05) is 50.2 Å². The van der Waals surface area contributed by atoms with Crippen molar-refractivity contribution >= 4 is 51.6 Å². The van der Waals surface area contributed by atoms with Crippen molar-refractivity contribution in [3.8, 4) is 17.1 Å². The van der Waals surface area contributed by atoms with E-state index < -0.39 is 0 Å². The zero-order valence-electron chi connectivity index (χ0n) is 19.6. The Hall–Kier alpha value is -1.66. The maximum atomic E-state index is 6.59. The van der Waals surface area contributed by atoms with Crippen LogP contribution in [-0.4, -0.2) is 14.6 Å². The molecule has 2 aliphatic rings. The van der Waals surface area contributed by atoms with Crippen molar-refractivity contribution < 1.29 is 0 Å². The van der Waals surface area contributed by atoms with Crippen LogP contribution in [-0.2, 0) is 0 Å². The minimum absolute atomic E-state index is 0.0229. The summed E-state index contributed by atoms with van der Waals surface area (Å²) in [6.45, 7) is 6.09. The van der Waals surface area contributed by atoms with Crippen LogP contribution in [0.5, 0.6) is 0 Å². The summed E-state index contributed by atoms with van der Waals surface area (Å²) in [5, 5.41) is 7.74. The van der Waals surface area contributed by atoms with Gasteiger partial charge in [0, 0.05) is 32.9 Å². The van der Waals surface area contributed by atoms with Crippen molar-refractivity contribution in [2.75, 3.05) is 0 Å². The standard InChI is InChI=1S/C24H23Cl3N4S.C2H6/c1-14-21(24-30-29-23(32-24)15-5-3-2-4-6-15)28-22(19-12-9-17(26)13-20(19)27)31(14)18-10-7-16(25)8-11-18;1-2/h7-13,15,24,30H,2-6H2,1H3;1-2H3. The maximum Gasteiger partial charge on any atom is 0.146 e. The van der Waals surface area contributed by atoms with Gasteiger partial charge in [-0.25, -0.2) is 4.98 Å². The van der Waals surface area contributed by atoms with Gasteiger partial charge in [-0.3, -0.25) is 9.99 Å². The summed E-state index contributed by atoms with van der Waals surface area (Å²) in [6.07, 6.45) is 6.37. The molecule has 180 valence electrons. The molecule has 0 saturated heterocycles. The molecule has 1 saturated carbocycles. The van der Waals surface area contributed by atoms with Crippen LogP contribution in [0, 0.1) is 12.8 Å². The molecule has 1 atom stereocenters. The van der Waals surface area contributed by atoms with Crippen molar-refractivity contribution in [2.45, 2.75) is 58.2 Å². The van der Waals surface area contributed by atoms with E-state index in [1.165, 1.54) is 37.1 Å². The fourth-order valence-electron chi connectivity index (χ4n) is 4.47. The van der Waals surface area contributed by atoms with Crippen LogP contribution in [0.3, 0.4) is 0 Å². The average Bonchev–Trinajstić information content (AvgIpc) is 3.47. The fourth-order valence-corrected chi connectivity index (χ4v) is 6.31. The first-order chi connectivity index (χ1) is 16.5. The number of hydrogen-bond donors (Lipinski definition) is 1. The second-order valence-electron chi connectivity index (χ2n) is 8.25. The van der Waals surface area contributed by atoms with Gasteiger partial charge in [-0.15, -0.1) is 0 Å². The van der Waals surface area contributed by atoms with E-state index in [1.54, 1.807) is 17.8 Å². The molecular weight excluding hydrogens is 507 g/mol. The Kier molecular flexibility index (Phi) is 8.52. The molecule has 1 aliphatic heterocycles. The van der Waals surface area contributed by atoms with Gasteiger partial charge in [0.1, 0.15) is 11.2 Å². The molecule has 1 N–H and O–H groups in total. The largest absolute Gasteiger partial charge is 0.297 e. The number of aromatic nitrogens is 2. The van der Waals surface area contributed by atoms with Crippen LogP contribution in [0.4, 0.5) is 0 Å². The summed E-state index contributed by atoms with van der Waals surface area (Å²) in [4.78, 5) is 5.08. The average molecular weight is 536 g/mol. The van der Waals surface area contributed by atoms with E-state index >= 15 is 0 Å². The summed E-state index contributed by atoms with van der Waals surface area (Å²) < 4.78 is 2.13. The van der Waals surface area contributed by atoms with Gasteiger partial charge in [-0.1, -0.05) is 79.7 Å². The van der Waals surface area contributed by atoms with E-state index in [9.17, 15) is 0 Å². The molecule has 5 rings (SSSR count). The highest BCUT2D eigenvalue weighted by Gasteiger charge is 2.32. The smallest absolute Gasteiger partial charge is 0.146 e. The normalized spacial score (nSPS) is 18.2. The number of halogens is 3. The van der Waals surface area contributed by atoms with E-state index in [-0.39, 0.29) is 5.37 Å². The van der Waals surface area contributed by atoms with Gasteiger partial charge in [0.2, 0.25) is 0 Å². The number of benzene rings is 2. The third-order valence-corrected chi connectivity index (χ3v) is 8.16. The molecule has 34 heavy (non-hydrogen) atoms. The van der Waals surface area contributed by atoms with Crippen LogP contribution in [0.15, 0.2) is 47.6 Å². The molecule has 0 radical (unpaired) electrons. The second kappa shape index (κ2) is 11.4.